The highest BCUT2D eigenvalue weighted by atomic mass is 35.5. The van der Waals surface area contributed by atoms with Crippen molar-refractivity contribution < 1.29 is 18.5 Å². The van der Waals surface area contributed by atoms with Gasteiger partial charge >= 0.3 is 0 Å². The zero-order valence-electron chi connectivity index (χ0n) is 17.5. The molecule has 0 aliphatic rings. The molecule has 1 N–H and O–H groups in total. The number of fused-ring (bicyclic) bond motifs is 1. The maximum absolute atomic E-state index is 12.6. The first kappa shape index (κ1) is 22.6. The normalized spacial score (nSPS) is 11.3. The van der Waals surface area contributed by atoms with Crippen molar-refractivity contribution in [2.24, 2.45) is 5.10 Å². The van der Waals surface area contributed by atoms with E-state index >= 15 is 0 Å². The van der Waals surface area contributed by atoms with Gasteiger partial charge in [-0.05, 0) is 49.2 Å². The van der Waals surface area contributed by atoms with Crippen LogP contribution in [0.15, 0.2) is 61.6 Å². The van der Waals surface area contributed by atoms with Crippen LogP contribution in [-0.2, 0) is 4.79 Å². The van der Waals surface area contributed by atoms with E-state index in [0.29, 0.717) is 38.1 Å². The number of hydrazone groups is 1. The minimum atomic E-state index is -0.536. The maximum Gasteiger partial charge on any atom is 0.277 e. The average Bonchev–Trinajstić information content (AvgIpc) is 3.32. The van der Waals surface area contributed by atoms with Crippen molar-refractivity contribution in [3.05, 3.63) is 79.8 Å². The number of carbonyl (C=O) groups is 1. The van der Waals surface area contributed by atoms with Crippen LogP contribution in [-0.4, -0.2) is 23.9 Å². The first-order chi connectivity index (χ1) is 15.8. The summed E-state index contributed by atoms with van der Waals surface area (Å²) in [6.07, 6.45) is 3.96. The molecule has 2 heterocycles. The van der Waals surface area contributed by atoms with Gasteiger partial charge in [0.15, 0.2) is 12.4 Å². The quantitative estimate of drug-likeness (QED) is 0.307. The van der Waals surface area contributed by atoms with E-state index in [0.717, 1.165) is 11.1 Å². The van der Waals surface area contributed by atoms with E-state index in [1.54, 1.807) is 30.3 Å². The Morgan fingerprint density at radius 2 is 1.94 bits per heavy atom. The maximum atomic E-state index is 12.6. The lowest BCUT2D eigenvalue weighted by atomic mass is 10.1. The lowest BCUT2D eigenvalue weighted by molar-refractivity contribution is -0.123. The van der Waals surface area contributed by atoms with Crippen LogP contribution in [0.1, 0.15) is 16.7 Å². The second kappa shape index (κ2) is 9.48. The fourth-order valence-corrected chi connectivity index (χ4v) is 3.35. The first-order valence-corrected chi connectivity index (χ1v) is 10.5. The molecule has 8 nitrogen and oxygen atoms in total. The topological polar surface area (TPSA) is 107 Å². The summed E-state index contributed by atoms with van der Waals surface area (Å²) < 4.78 is 16.3. The predicted octanol–water partition coefficient (Wildman–Crippen LogP) is 4.90. The van der Waals surface area contributed by atoms with Gasteiger partial charge < -0.3 is 13.7 Å². The van der Waals surface area contributed by atoms with Crippen molar-refractivity contribution in [1.82, 2.24) is 10.6 Å². The Balaban J connectivity index is 1.45. The van der Waals surface area contributed by atoms with Gasteiger partial charge in [0.25, 0.3) is 5.91 Å². The summed E-state index contributed by atoms with van der Waals surface area (Å²) in [4.78, 5) is 24.8. The van der Waals surface area contributed by atoms with Crippen LogP contribution in [0.25, 0.3) is 22.3 Å². The van der Waals surface area contributed by atoms with Crippen LogP contribution in [0, 0.1) is 13.8 Å². The van der Waals surface area contributed by atoms with E-state index in [1.165, 1.54) is 18.7 Å². The van der Waals surface area contributed by atoms with Crippen molar-refractivity contribution in [3.8, 4) is 17.1 Å². The second-order valence-electron chi connectivity index (χ2n) is 7.17. The fourth-order valence-electron chi connectivity index (χ4n) is 3.03. The number of amides is 1. The predicted molar refractivity (Wildman–Crippen MR) is 125 cm³/mol. The van der Waals surface area contributed by atoms with E-state index < -0.39 is 5.91 Å². The van der Waals surface area contributed by atoms with Gasteiger partial charge in [-0.15, -0.1) is 0 Å². The molecular formula is C23H17Cl2N3O5. The number of ether oxygens (including phenoxy) is 1. The van der Waals surface area contributed by atoms with Crippen molar-refractivity contribution in [3.63, 3.8) is 0 Å². The number of nitrogens with one attached hydrogen (secondary N) is 1. The van der Waals surface area contributed by atoms with Gasteiger partial charge in [0.2, 0.25) is 5.43 Å². The van der Waals surface area contributed by atoms with Gasteiger partial charge in [0, 0.05) is 16.1 Å². The first-order valence-electron chi connectivity index (χ1n) is 9.71. The smallest absolute Gasteiger partial charge is 0.277 e. The molecule has 2 aromatic carbocycles. The van der Waals surface area contributed by atoms with Crippen LogP contribution in [0.3, 0.4) is 0 Å². The summed E-state index contributed by atoms with van der Waals surface area (Å²) >= 11 is 12.3. The minimum Gasteiger partial charge on any atom is -0.483 e. The van der Waals surface area contributed by atoms with Crippen molar-refractivity contribution in [1.29, 1.82) is 0 Å². The number of aromatic nitrogens is 1. The number of carbonyl (C=O) groups excluding carboxylic acids is 1. The van der Waals surface area contributed by atoms with Gasteiger partial charge in [-0.2, -0.15) is 5.10 Å². The highest BCUT2D eigenvalue weighted by Gasteiger charge is 2.14. The standard InChI is InChI=1S/C23H17Cl2N3O5/c1-12-5-20(15(7-17(12)24)19-3-4-27-33-19)32-11-22(29)28-26-9-14-10-31-21-6-13(2)18(25)8-16(21)23(14)30/h3-10H,11H2,1-2H3,(H,28,29)/b26-9+. The van der Waals surface area contributed by atoms with Crippen LogP contribution in [0.2, 0.25) is 10.0 Å². The Bertz CT molecular complexity index is 1430. The average molecular weight is 486 g/mol. The molecule has 4 rings (SSSR count). The Morgan fingerprint density at radius 1 is 1.18 bits per heavy atom. The third-order valence-electron chi connectivity index (χ3n) is 4.80. The molecule has 10 heteroatoms. The Hall–Kier alpha value is -3.62. The van der Waals surface area contributed by atoms with Gasteiger partial charge in [-0.3, -0.25) is 9.59 Å². The van der Waals surface area contributed by atoms with E-state index in [2.05, 4.69) is 15.7 Å². The Labute approximate surface area is 197 Å². The summed E-state index contributed by atoms with van der Waals surface area (Å²) in [5.74, 6) is 0.310. The minimum absolute atomic E-state index is 0.157. The van der Waals surface area contributed by atoms with Crippen molar-refractivity contribution in [2.75, 3.05) is 6.61 Å². The van der Waals surface area contributed by atoms with Crippen molar-refractivity contribution in [2.45, 2.75) is 13.8 Å². The molecule has 0 radical (unpaired) electrons. The molecule has 33 heavy (non-hydrogen) atoms. The molecule has 0 fully saturated rings. The SMILES string of the molecule is Cc1cc(OCC(=O)N/N=C/c2coc3cc(C)c(Cl)cc3c2=O)c(-c2ccno2)cc1Cl. The molecule has 2 aromatic heterocycles. The second-order valence-corrected chi connectivity index (χ2v) is 7.99. The van der Waals surface area contributed by atoms with Gasteiger partial charge in [0.1, 0.15) is 17.6 Å². The third-order valence-corrected chi connectivity index (χ3v) is 5.61. The third kappa shape index (κ3) is 4.92. The van der Waals surface area contributed by atoms with Crippen LogP contribution < -0.4 is 15.6 Å². The highest BCUT2D eigenvalue weighted by molar-refractivity contribution is 6.32. The van der Waals surface area contributed by atoms with Crippen LogP contribution >= 0.6 is 23.2 Å². The number of halogens is 2. The lowest BCUT2D eigenvalue weighted by Crippen LogP contribution is -2.25. The summed E-state index contributed by atoms with van der Waals surface area (Å²) in [7, 11) is 0. The number of benzene rings is 2. The van der Waals surface area contributed by atoms with Crippen LogP contribution in [0.5, 0.6) is 5.75 Å². The zero-order valence-corrected chi connectivity index (χ0v) is 19.0. The summed E-state index contributed by atoms with van der Waals surface area (Å²) in [6.45, 7) is 3.29. The van der Waals surface area contributed by atoms with Crippen LogP contribution in [0.4, 0.5) is 0 Å². The molecule has 0 unspecified atom stereocenters. The molecule has 1 amide bonds. The lowest BCUT2D eigenvalue weighted by Gasteiger charge is -2.11. The zero-order chi connectivity index (χ0) is 23.5. The molecule has 0 atom stereocenters. The molecule has 168 valence electrons. The molecule has 0 saturated carbocycles. The van der Waals surface area contributed by atoms with Gasteiger partial charge in [-0.25, -0.2) is 5.43 Å². The molecule has 0 bridgehead atoms. The number of hydrogen-bond donors (Lipinski definition) is 1. The Morgan fingerprint density at radius 3 is 2.70 bits per heavy atom. The van der Waals surface area contributed by atoms with Gasteiger partial charge in [-0.1, -0.05) is 28.4 Å². The molecule has 0 saturated heterocycles. The molecule has 4 aromatic rings. The number of aryl methyl sites for hydroxylation is 2. The largest absolute Gasteiger partial charge is 0.483 e. The van der Waals surface area contributed by atoms with E-state index in [4.69, 9.17) is 36.9 Å². The Kier molecular flexibility index (Phi) is 6.48. The van der Waals surface area contributed by atoms with Crippen molar-refractivity contribution >= 4 is 46.3 Å². The fraction of sp³-hybridized carbons (Fsp3) is 0.130. The highest BCUT2D eigenvalue weighted by Crippen LogP contribution is 2.34. The monoisotopic (exact) mass is 485 g/mol. The molecule has 0 aliphatic carbocycles. The molecule has 0 aliphatic heterocycles. The van der Waals surface area contributed by atoms with E-state index in [-0.39, 0.29) is 17.6 Å². The van der Waals surface area contributed by atoms with E-state index in [1.807, 2.05) is 13.8 Å². The summed E-state index contributed by atoms with van der Waals surface area (Å²) in [5, 5.41) is 8.80. The number of hydrogen-bond acceptors (Lipinski definition) is 7. The number of rotatable bonds is 6. The molecule has 0 spiro atoms. The summed E-state index contributed by atoms with van der Waals surface area (Å²) in [5.41, 5.74) is 4.69. The van der Waals surface area contributed by atoms with E-state index in [9.17, 15) is 9.59 Å². The number of nitrogens with zero attached hydrogens (tertiary/aromatic N) is 2. The summed E-state index contributed by atoms with van der Waals surface area (Å²) in [6, 6.07) is 8.26. The van der Waals surface area contributed by atoms with Gasteiger partial charge in [0.05, 0.1) is 28.9 Å². The molecular weight excluding hydrogens is 469 g/mol.